The SMILES string of the molecule is CNC(c1cc(Br)ccc1Br)c1cc(I)ccc1Br. The molecule has 0 radical (unpaired) electrons. The van der Waals surface area contributed by atoms with Crippen molar-refractivity contribution >= 4 is 70.4 Å². The Morgan fingerprint density at radius 1 is 0.947 bits per heavy atom. The van der Waals surface area contributed by atoms with Crippen LogP contribution in [-0.4, -0.2) is 7.05 Å². The molecule has 0 aliphatic heterocycles. The highest BCUT2D eigenvalue weighted by Gasteiger charge is 2.18. The molecule has 0 fully saturated rings. The van der Waals surface area contributed by atoms with Crippen molar-refractivity contribution in [3.8, 4) is 0 Å². The maximum absolute atomic E-state index is 3.64. The minimum absolute atomic E-state index is 0.135. The lowest BCUT2D eigenvalue weighted by Gasteiger charge is -2.20. The standard InChI is InChI=1S/C14H11Br3IN/c1-19-14(10-6-8(15)2-4-12(10)16)11-7-9(18)3-5-13(11)17/h2-7,14,19H,1H3. The van der Waals surface area contributed by atoms with Gasteiger partial charge in [0.1, 0.15) is 0 Å². The van der Waals surface area contributed by atoms with E-state index in [2.05, 4.69) is 106 Å². The van der Waals surface area contributed by atoms with Gasteiger partial charge in [0.2, 0.25) is 0 Å². The van der Waals surface area contributed by atoms with Gasteiger partial charge in [0, 0.05) is 17.0 Å². The van der Waals surface area contributed by atoms with Crippen LogP contribution in [-0.2, 0) is 0 Å². The summed E-state index contributed by atoms with van der Waals surface area (Å²) in [5.41, 5.74) is 2.44. The summed E-state index contributed by atoms with van der Waals surface area (Å²) in [5.74, 6) is 0. The molecule has 2 aromatic rings. The van der Waals surface area contributed by atoms with Crippen molar-refractivity contribution in [3.05, 3.63) is 64.5 Å². The molecule has 5 heteroatoms. The number of rotatable bonds is 3. The highest BCUT2D eigenvalue weighted by atomic mass is 127. The van der Waals surface area contributed by atoms with E-state index in [0.717, 1.165) is 13.4 Å². The van der Waals surface area contributed by atoms with E-state index < -0.39 is 0 Å². The zero-order valence-electron chi connectivity index (χ0n) is 10.1. The molecule has 0 spiro atoms. The van der Waals surface area contributed by atoms with Crippen LogP contribution in [0.4, 0.5) is 0 Å². The second kappa shape index (κ2) is 7.02. The van der Waals surface area contributed by atoms with Gasteiger partial charge in [-0.2, -0.15) is 0 Å². The summed E-state index contributed by atoms with van der Waals surface area (Å²) in [6.45, 7) is 0. The van der Waals surface area contributed by atoms with Gasteiger partial charge >= 0.3 is 0 Å². The number of nitrogens with one attached hydrogen (secondary N) is 1. The summed E-state index contributed by atoms with van der Waals surface area (Å²) in [4.78, 5) is 0. The largest absolute Gasteiger partial charge is 0.309 e. The van der Waals surface area contributed by atoms with Gasteiger partial charge < -0.3 is 5.32 Å². The molecule has 0 saturated carbocycles. The minimum atomic E-state index is 0.135. The van der Waals surface area contributed by atoms with Gasteiger partial charge in [0.15, 0.2) is 0 Å². The molecule has 0 amide bonds. The number of benzene rings is 2. The van der Waals surface area contributed by atoms with Gasteiger partial charge in [-0.1, -0.05) is 47.8 Å². The van der Waals surface area contributed by atoms with Crippen molar-refractivity contribution in [3.63, 3.8) is 0 Å². The zero-order valence-corrected chi connectivity index (χ0v) is 17.0. The van der Waals surface area contributed by atoms with Crippen molar-refractivity contribution in [2.24, 2.45) is 0 Å². The first kappa shape index (κ1) is 15.9. The van der Waals surface area contributed by atoms with Gasteiger partial charge in [-0.15, -0.1) is 0 Å². The molecule has 2 rings (SSSR count). The first-order valence-electron chi connectivity index (χ1n) is 5.60. The highest BCUT2D eigenvalue weighted by Crippen LogP contribution is 2.34. The quantitative estimate of drug-likeness (QED) is 0.463. The van der Waals surface area contributed by atoms with E-state index in [4.69, 9.17) is 0 Å². The molecule has 1 atom stereocenters. The van der Waals surface area contributed by atoms with Crippen LogP contribution in [0, 0.1) is 3.57 Å². The fourth-order valence-corrected chi connectivity index (χ4v) is 3.80. The van der Waals surface area contributed by atoms with Crippen LogP contribution >= 0.6 is 70.4 Å². The Balaban J connectivity index is 2.55. The van der Waals surface area contributed by atoms with Gasteiger partial charge in [0.05, 0.1) is 6.04 Å². The number of hydrogen-bond acceptors (Lipinski definition) is 1. The average Bonchev–Trinajstić information content (AvgIpc) is 2.38. The molecule has 0 aromatic heterocycles. The molecule has 1 N–H and O–H groups in total. The molecule has 100 valence electrons. The van der Waals surface area contributed by atoms with E-state index in [9.17, 15) is 0 Å². The molecule has 0 aliphatic rings. The lowest BCUT2D eigenvalue weighted by atomic mass is 9.99. The predicted octanol–water partition coefficient (Wildman–Crippen LogP) is 5.89. The van der Waals surface area contributed by atoms with Gasteiger partial charge in [-0.05, 0) is 77.2 Å². The van der Waals surface area contributed by atoms with Crippen LogP contribution in [0.3, 0.4) is 0 Å². The van der Waals surface area contributed by atoms with Crippen molar-refractivity contribution in [2.75, 3.05) is 7.05 Å². The van der Waals surface area contributed by atoms with Crippen molar-refractivity contribution in [1.82, 2.24) is 5.32 Å². The Hall–Kier alpha value is 0.570. The number of hydrogen-bond donors (Lipinski definition) is 1. The molecule has 19 heavy (non-hydrogen) atoms. The van der Waals surface area contributed by atoms with E-state index in [0.29, 0.717) is 0 Å². The Labute approximate surface area is 152 Å². The fourth-order valence-electron chi connectivity index (χ4n) is 1.95. The molecule has 0 bridgehead atoms. The summed E-state index contributed by atoms with van der Waals surface area (Å²) in [7, 11) is 1.98. The van der Waals surface area contributed by atoms with Gasteiger partial charge in [0.25, 0.3) is 0 Å². The highest BCUT2D eigenvalue weighted by molar-refractivity contribution is 14.1. The fraction of sp³-hybridized carbons (Fsp3) is 0.143. The van der Waals surface area contributed by atoms with E-state index in [1.54, 1.807) is 0 Å². The van der Waals surface area contributed by atoms with E-state index in [-0.39, 0.29) is 6.04 Å². The van der Waals surface area contributed by atoms with Crippen molar-refractivity contribution in [2.45, 2.75) is 6.04 Å². The monoisotopic (exact) mass is 557 g/mol. The van der Waals surface area contributed by atoms with Crippen LogP contribution in [0.5, 0.6) is 0 Å². The Kier molecular flexibility index (Phi) is 5.90. The summed E-state index contributed by atoms with van der Waals surface area (Å²) in [6, 6.07) is 12.7. The molecular formula is C14H11Br3IN. The lowest BCUT2D eigenvalue weighted by Crippen LogP contribution is -2.18. The van der Waals surface area contributed by atoms with Gasteiger partial charge in [-0.3, -0.25) is 0 Å². The first-order chi connectivity index (χ1) is 9.02. The zero-order chi connectivity index (χ0) is 14.0. The normalized spacial score (nSPS) is 12.5. The van der Waals surface area contributed by atoms with Crippen molar-refractivity contribution < 1.29 is 0 Å². The third kappa shape index (κ3) is 3.81. The first-order valence-corrected chi connectivity index (χ1v) is 9.06. The second-order valence-electron chi connectivity index (χ2n) is 4.05. The minimum Gasteiger partial charge on any atom is -0.309 e. The maximum atomic E-state index is 3.64. The third-order valence-corrected chi connectivity index (χ3v) is 5.44. The van der Waals surface area contributed by atoms with Crippen LogP contribution in [0.15, 0.2) is 49.8 Å². The van der Waals surface area contributed by atoms with Crippen LogP contribution in [0.25, 0.3) is 0 Å². The summed E-state index contributed by atoms with van der Waals surface area (Å²) >= 11 is 13.2. The van der Waals surface area contributed by atoms with Crippen LogP contribution in [0.2, 0.25) is 0 Å². The molecule has 0 heterocycles. The maximum Gasteiger partial charge on any atom is 0.0597 e. The topological polar surface area (TPSA) is 12.0 Å². The smallest absolute Gasteiger partial charge is 0.0597 e. The van der Waals surface area contributed by atoms with Crippen molar-refractivity contribution in [1.29, 1.82) is 0 Å². The predicted molar refractivity (Wildman–Crippen MR) is 99.6 cm³/mol. The van der Waals surface area contributed by atoms with Gasteiger partial charge in [-0.25, -0.2) is 0 Å². The molecule has 1 unspecified atom stereocenters. The third-order valence-electron chi connectivity index (χ3n) is 2.83. The summed E-state index contributed by atoms with van der Waals surface area (Å²) < 4.78 is 4.51. The molecule has 1 nitrogen and oxygen atoms in total. The van der Waals surface area contributed by atoms with Crippen LogP contribution < -0.4 is 5.32 Å². The number of halogens is 4. The van der Waals surface area contributed by atoms with E-state index >= 15 is 0 Å². The van der Waals surface area contributed by atoms with E-state index in [1.165, 1.54) is 14.7 Å². The molecule has 0 saturated heterocycles. The lowest BCUT2D eigenvalue weighted by molar-refractivity contribution is 0.685. The van der Waals surface area contributed by atoms with E-state index in [1.807, 2.05) is 13.1 Å². The summed E-state index contributed by atoms with van der Waals surface area (Å²) in [6.07, 6.45) is 0. The Bertz CT molecular complexity index is 550. The molecule has 0 aliphatic carbocycles. The average molecular weight is 560 g/mol. The molecular weight excluding hydrogens is 549 g/mol. The Morgan fingerprint density at radius 2 is 1.53 bits per heavy atom. The van der Waals surface area contributed by atoms with Crippen LogP contribution in [0.1, 0.15) is 17.2 Å². The second-order valence-corrected chi connectivity index (χ2v) is 7.92. The summed E-state index contributed by atoms with van der Waals surface area (Å²) in [5, 5.41) is 3.39. The Morgan fingerprint density at radius 3 is 2.16 bits per heavy atom. The molecule has 2 aromatic carbocycles.